The van der Waals surface area contributed by atoms with Crippen molar-refractivity contribution in [3.05, 3.63) is 33.8 Å². The van der Waals surface area contributed by atoms with Crippen molar-refractivity contribution in [1.29, 1.82) is 0 Å². The van der Waals surface area contributed by atoms with Gasteiger partial charge in [-0.05, 0) is 25.0 Å². The number of halogens is 2. The van der Waals surface area contributed by atoms with Gasteiger partial charge in [-0.2, -0.15) is 0 Å². The molecule has 5 heteroatoms. The maximum atomic E-state index is 12.8. The van der Waals surface area contributed by atoms with Crippen LogP contribution in [0.25, 0.3) is 0 Å². The molecule has 29 heavy (non-hydrogen) atoms. The molecular weight excluding hydrogens is 405 g/mol. The van der Waals surface area contributed by atoms with Crippen molar-refractivity contribution >= 4 is 29.2 Å². The summed E-state index contributed by atoms with van der Waals surface area (Å²) in [5.74, 6) is -0.0835. The zero-order valence-electron chi connectivity index (χ0n) is 18.8. The number of quaternary nitrogens is 1. The van der Waals surface area contributed by atoms with E-state index in [4.69, 9.17) is 27.9 Å². The maximum absolute atomic E-state index is 12.8. The molecule has 0 spiro atoms. The van der Waals surface area contributed by atoms with Crippen LogP contribution in [0.4, 0.5) is 0 Å². The molecule has 0 aliphatic carbocycles. The first-order valence-corrected chi connectivity index (χ1v) is 12.0. The van der Waals surface area contributed by atoms with Gasteiger partial charge in [0.05, 0.1) is 30.7 Å². The first-order valence-electron chi connectivity index (χ1n) is 11.2. The van der Waals surface area contributed by atoms with E-state index in [9.17, 15) is 4.79 Å². The number of hydrogen-bond donors (Lipinski definition) is 0. The Bertz CT molecular complexity index is 605. The molecule has 0 aliphatic heterocycles. The Morgan fingerprint density at radius 2 is 1.55 bits per heavy atom. The molecule has 166 valence electrons. The van der Waals surface area contributed by atoms with Crippen molar-refractivity contribution in [3.63, 3.8) is 0 Å². The molecule has 0 N–H and O–H groups in total. The number of rotatable bonds is 15. The first-order chi connectivity index (χ1) is 13.8. The molecule has 0 bridgehead atoms. The topological polar surface area (TPSA) is 26.3 Å². The number of nitrogens with zero attached hydrogens (tertiary/aromatic N) is 1. The van der Waals surface area contributed by atoms with E-state index < -0.39 is 0 Å². The van der Waals surface area contributed by atoms with Gasteiger partial charge in [-0.15, -0.1) is 0 Å². The lowest BCUT2D eigenvalue weighted by Crippen LogP contribution is -2.52. The summed E-state index contributed by atoms with van der Waals surface area (Å²) in [5, 5.41) is 1.11. The van der Waals surface area contributed by atoms with E-state index in [2.05, 4.69) is 21.0 Å². The van der Waals surface area contributed by atoms with E-state index in [0.29, 0.717) is 27.7 Å². The second-order valence-corrected chi connectivity index (χ2v) is 9.45. The lowest BCUT2D eigenvalue weighted by atomic mass is 10.0. The second-order valence-electron chi connectivity index (χ2n) is 8.63. The summed E-state index contributed by atoms with van der Waals surface area (Å²) in [6.07, 6.45) is 11.8. The smallest absolute Gasteiger partial charge is 0.364 e. The van der Waals surface area contributed by atoms with Crippen LogP contribution in [0.3, 0.4) is 0 Å². The summed E-state index contributed by atoms with van der Waals surface area (Å²) < 4.78 is 6.09. The standard InChI is InChI=1S/C24H40Cl2NO2/c1-5-7-8-9-10-11-12-13-14-23(24(28)29-17-6-2)27(3,4)19-20-15-16-21(25)22(26)18-20/h15-16,18,23H,5-14,17,19H2,1-4H3/q+1/t23-/m1/s1. The Kier molecular flexibility index (Phi) is 12.9. The molecule has 0 unspecified atom stereocenters. The summed E-state index contributed by atoms with van der Waals surface area (Å²) in [6, 6.07) is 5.53. The molecule has 0 heterocycles. The predicted molar refractivity (Wildman–Crippen MR) is 125 cm³/mol. The normalized spacial score (nSPS) is 12.8. The van der Waals surface area contributed by atoms with E-state index in [1.54, 1.807) is 0 Å². The number of carbonyl (C=O) groups is 1. The third kappa shape index (κ3) is 10.2. The van der Waals surface area contributed by atoms with Crippen molar-refractivity contribution < 1.29 is 14.0 Å². The summed E-state index contributed by atoms with van der Waals surface area (Å²) >= 11 is 12.2. The Morgan fingerprint density at radius 1 is 0.931 bits per heavy atom. The maximum Gasteiger partial charge on any atom is 0.364 e. The summed E-state index contributed by atoms with van der Waals surface area (Å²) in [7, 11) is 4.20. The van der Waals surface area contributed by atoms with Crippen molar-refractivity contribution in [2.24, 2.45) is 0 Å². The van der Waals surface area contributed by atoms with E-state index >= 15 is 0 Å². The van der Waals surface area contributed by atoms with Gasteiger partial charge in [-0.1, -0.05) is 88.1 Å². The zero-order valence-corrected chi connectivity index (χ0v) is 20.3. The number of unbranched alkanes of at least 4 members (excludes halogenated alkanes) is 7. The fourth-order valence-corrected chi connectivity index (χ4v) is 4.06. The molecular formula is C24H40Cl2NO2+. The minimum absolute atomic E-state index is 0.0835. The van der Waals surface area contributed by atoms with E-state index in [-0.39, 0.29) is 12.0 Å². The van der Waals surface area contributed by atoms with E-state index in [1.807, 2.05) is 25.1 Å². The molecule has 0 amide bonds. The van der Waals surface area contributed by atoms with Gasteiger partial charge in [0.25, 0.3) is 0 Å². The number of carbonyl (C=O) groups excluding carboxylic acids is 1. The zero-order chi connectivity index (χ0) is 21.7. The molecule has 0 saturated carbocycles. The molecule has 0 saturated heterocycles. The van der Waals surface area contributed by atoms with Crippen molar-refractivity contribution in [2.45, 2.75) is 90.6 Å². The van der Waals surface area contributed by atoms with Crippen LogP contribution in [-0.2, 0) is 16.1 Å². The average Bonchev–Trinajstić information content (AvgIpc) is 2.67. The van der Waals surface area contributed by atoms with Crippen LogP contribution in [0.5, 0.6) is 0 Å². The highest BCUT2D eigenvalue weighted by molar-refractivity contribution is 6.42. The molecule has 1 aromatic carbocycles. The monoisotopic (exact) mass is 444 g/mol. The van der Waals surface area contributed by atoms with E-state index in [1.165, 1.54) is 44.9 Å². The summed E-state index contributed by atoms with van der Waals surface area (Å²) in [5.41, 5.74) is 1.08. The Balaban J connectivity index is 2.66. The molecule has 0 fully saturated rings. The molecule has 0 aliphatic rings. The Morgan fingerprint density at radius 3 is 2.14 bits per heavy atom. The number of ether oxygens (including phenoxy) is 1. The van der Waals surface area contributed by atoms with Crippen LogP contribution in [0.15, 0.2) is 18.2 Å². The second kappa shape index (κ2) is 14.3. The number of likely N-dealkylation sites (N-methyl/N-ethyl adjacent to an activating group) is 1. The van der Waals surface area contributed by atoms with Gasteiger partial charge >= 0.3 is 5.97 Å². The molecule has 1 atom stereocenters. The van der Waals surface area contributed by atoms with Gasteiger partial charge < -0.3 is 9.22 Å². The highest BCUT2D eigenvalue weighted by Crippen LogP contribution is 2.26. The van der Waals surface area contributed by atoms with Gasteiger partial charge in [0.15, 0.2) is 6.04 Å². The van der Waals surface area contributed by atoms with Crippen LogP contribution < -0.4 is 0 Å². The number of benzene rings is 1. The van der Waals surface area contributed by atoms with Crippen molar-refractivity contribution in [3.8, 4) is 0 Å². The van der Waals surface area contributed by atoms with Crippen molar-refractivity contribution in [1.82, 2.24) is 0 Å². The number of hydrogen-bond acceptors (Lipinski definition) is 2. The third-order valence-electron chi connectivity index (χ3n) is 5.47. The van der Waals surface area contributed by atoms with Crippen LogP contribution in [-0.4, -0.2) is 37.2 Å². The fraction of sp³-hybridized carbons (Fsp3) is 0.708. The van der Waals surface area contributed by atoms with Crippen LogP contribution >= 0.6 is 23.2 Å². The third-order valence-corrected chi connectivity index (χ3v) is 6.21. The first kappa shape index (κ1) is 26.3. The molecule has 0 radical (unpaired) electrons. The quantitative estimate of drug-likeness (QED) is 0.159. The van der Waals surface area contributed by atoms with Crippen LogP contribution in [0, 0.1) is 0 Å². The lowest BCUT2D eigenvalue weighted by Gasteiger charge is -2.36. The van der Waals surface area contributed by atoms with Gasteiger partial charge in [0.2, 0.25) is 0 Å². The Hall–Kier alpha value is -0.770. The Labute approximate surface area is 188 Å². The van der Waals surface area contributed by atoms with Gasteiger partial charge in [0, 0.05) is 12.0 Å². The fourth-order valence-electron chi connectivity index (χ4n) is 3.74. The van der Waals surface area contributed by atoms with Crippen LogP contribution in [0.1, 0.15) is 83.6 Å². The summed E-state index contributed by atoms with van der Waals surface area (Å²) in [4.78, 5) is 12.8. The molecule has 0 aromatic heterocycles. The van der Waals surface area contributed by atoms with Gasteiger partial charge in [-0.3, -0.25) is 0 Å². The molecule has 3 nitrogen and oxygen atoms in total. The SMILES string of the molecule is CCCCCCCCCC[C@H](C(=O)OCCC)[N+](C)(C)Cc1ccc(Cl)c(Cl)c1. The van der Waals surface area contributed by atoms with Gasteiger partial charge in [-0.25, -0.2) is 4.79 Å². The minimum atomic E-state index is -0.170. The highest BCUT2D eigenvalue weighted by Gasteiger charge is 2.36. The predicted octanol–water partition coefficient (Wildman–Crippen LogP) is 7.42. The average molecular weight is 445 g/mol. The summed E-state index contributed by atoms with van der Waals surface area (Å²) in [6.45, 7) is 5.46. The lowest BCUT2D eigenvalue weighted by molar-refractivity contribution is -0.920. The molecule has 1 rings (SSSR count). The largest absolute Gasteiger partial charge is 0.461 e. The van der Waals surface area contributed by atoms with Gasteiger partial charge in [0.1, 0.15) is 6.54 Å². The van der Waals surface area contributed by atoms with E-state index in [0.717, 1.165) is 24.8 Å². The highest BCUT2D eigenvalue weighted by atomic mass is 35.5. The van der Waals surface area contributed by atoms with Crippen molar-refractivity contribution in [2.75, 3.05) is 20.7 Å². The molecule has 1 aromatic rings. The minimum Gasteiger partial charge on any atom is -0.461 e. The van der Waals surface area contributed by atoms with Crippen LogP contribution in [0.2, 0.25) is 10.0 Å². The number of esters is 1.